The molecule has 5 aromatic rings. The first-order valence-electron chi connectivity index (χ1n) is 14.5. The summed E-state index contributed by atoms with van der Waals surface area (Å²) in [7, 11) is -2.68. The van der Waals surface area contributed by atoms with Crippen molar-refractivity contribution in [3.05, 3.63) is 112 Å². The summed E-state index contributed by atoms with van der Waals surface area (Å²) < 4.78 is 51.7. The van der Waals surface area contributed by atoms with Gasteiger partial charge in [0.25, 0.3) is 15.9 Å². The number of carbonyl (C=O) groups is 2. The number of amides is 1. The average Bonchev–Trinajstić information content (AvgIpc) is 3.69. The molecule has 0 N–H and O–H groups in total. The first kappa shape index (κ1) is 32.6. The highest BCUT2D eigenvalue weighted by atomic mass is 35.5. The maximum absolute atomic E-state index is 14.3. The summed E-state index contributed by atoms with van der Waals surface area (Å²) >= 11 is 6.40. The number of carbonyl (C=O) groups excluding carboxylic acids is 2. The van der Waals surface area contributed by atoms with Gasteiger partial charge in [0.2, 0.25) is 5.76 Å². The van der Waals surface area contributed by atoms with Crippen LogP contribution >= 0.6 is 11.6 Å². The molecule has 0 atom stereocenters. The molecule has 2 aromatic heterocycles. The Bertz CT molecular complexity index is 1990. The van der Waals surface area contributed by atoms with Gasteiger partial charge in [-0.2, -0.15) is 0 Å². The van der Waals surface area contributed by atoms with Crippen LogP contribution in [0.4, 0.5) is 5.69 Å². The molecule has 3 aromatic carbocycles. The normalized spacial score (nSPS) is 11.4. The van der Waals surface area contributed by atoms with Crippen LogP contribution in [0.5, 0.6) is 5.75 Å². The Labute approximate surface area is 272 Å². The van der Waals surface area contributed by atoms with Crippen LogP contribution in [-0.2, 0) is 27.8 Å². The van der Waals surface area contributed by atoms with Gasteiger partial charge >= 0.3 is 5.97 Å². The van der Waals surface area contributed by atoms with Crippen LogP contribution in [0.15, 0.2) is 92.8 Å². The van der Waals surface area contributed by atoms with Gasteiger partial charge in [0, 0.05) is 30.1 Å². The summed E-state index contributed by atoms with van der Waals surface area (Å²) in [5.74, 6) is 0.0212. The third-order valence-corrected chi connectivity index (χ3v) is 9.70. The van der Waals surface area contributed by atoms with Gasteiger partial charge in [-0.05, 0) is 74.9 Å². The molecule has 0 aliphatic heterocycles. The predicted octanol–water partition coefficient (Wildman–Crippen LogP) is 7.23. The second-order valence-electron chi connectivity index (χ2n) is 10.3. The number of aryl methyl sites for hydroxylation is 1. The number of sulfonamides is 1. The van der Waals surface area contributed by atoms with Crippen LogP contribution in [0.3, 0.4) is 0 Å². The molecule has 46 heavy (non-hydrogen) atoms. The van der Waals surface area contributed by atoms with Crippen molar-refractivity contribution in [3.63, 3.8) is 0 Å². The molecule has 10 nitrogen and oxygen atoms in total. The van der Waals surface area contributed by atoms with E-state index in [4.69, 9.17) is 29.9 Å². The predicted molar refractivity (Wildman–Crippen MR) is 174 cm³/mol. The minimum absolute atomic E-state index is 0.00508. The maximum Gasteiger partial charge on any atom is 0.374 e. The summed E-state index contributed by atoms with van der Waals surface area (Å²) in [5, 5.41) is 0.765. The zero-order valence-corrected chi connectivity index (χ0v) is 27.4. The van der Waals surface area contributed by atoms with E-state index in [-0.39, 0.29) is 42.8 Å². The van der Waals surface area contributed by atoms with Crippen molar-refractivity contribution in [1.29, 1.82) is 0 Å². The number of halogens is 1. The Balaban J connectivity index is 1.57. The number of rotatable bonds is 12. The van der Waals surface area contributed by atoms with Crippen LogP contribution in [0.25, 0.3) is 11.0 Å². The van der Waals surface area contributed by atoms with Crippen molar-refractivity contribution in [3.8, 4) is 5.75 Å². The van der Waals surface area contributed by atoms with Crippen molar-refractivity contribution < 1.29 is 36.3 Å². The van der Waals surface area contributed by atoms with E-state index in [1.165, 1.54) is 35.9 Å². The number of methoxy groups -OCH3 is 1. The summed E-state index contributed by atoms with van der Waals surface area (Å²) in [6, 6.07) is 19.7. The molecule has 0 aliphatic carbocycles. The molecule has 0 aliphatic rings. The van der Waals surface area contributed by atoms with Gasteiger partial charge in [-0.1, -0.05) is 29.8 Å². The van der Waals surface area contributed by atoms with Crippen LogP contribution in [0.2, 0.25) is 5.02 Å². The minimum Gasteiger partial charge on any atom is -0.497 e. The molecular formula is C34H33ClN2O8S. The Morgan fingerprint density at radius 2 is 1.74 bits per heavy atom. The Kier molecular flexibility index (Phi) is 9.74. The number of furan rings is 2. The monoisotopic (exact) mass is 664 g/mol. The number of esters is 1. The Morgan fingerprint density at radius 1 is 0.957 bits per heavy atom. The van der Waals surface area contributed by atoms with E-state index >= 15 is 0 Å². The minimum atomic E-state index is -4.17. The lowest BCUT2D eigenvalue weighted by atomic mass is 10.1. The molecule has 0 radical (unpaired) electrons. The second kappa shape index (κ2) is 13.7. The van der Waals surface area contributed by atoms with Gasteiger partial charge in [-0.3, -0.25) is 9.10 Å². The third kappa shape index (κ3) is 6.47. The third-order valence-electron chi connectivity index (χ3n) is 7.48. The fraction of sp³-hybridized carbons (Fsp3) is 0.235. The molecule has 0 bridgehead atoms. The summed E-state index contributed by atoms with van der Waals surface area (Å²) in [5.41, 5.74) is 2.01. The van der Waals surface area contributed by atoms with E-state index in [0.717, 1.165) is 0 Å². The quantitative estimate of drug-likeness (QED) is 0.128. The second-order valence-corrected chi connectivity index (χ2v) is 12.6. The number of anilines is 1. The van der Waals surface area contributed by atoms with E-state index in [0.29, 0.717) is 49.9 Å². The molecule has 0 saturated carbocycles. The van der Waals surface area contributed by atoms with E-state index in [1.807, 2.05) is 0 Å². The number of nitrogens with zero attached hydrogens (tertiary/aromatic N) is 2. The van der Waals surface area contributed by atoms with E-state index in [1.54, 1.807) is 80.3 Å². The highest BCUT2D eigenvalue weighted by molar-refractivity contribution is 7.92. The fourth-order valence-corrected chi connectivity index (χ4v) is 6.93. The number of fused-ring (bicyclic) bond motifs is 1. The van der Waals surface area contributed by atoms with Crippen molar-refractivity contribution in [1.82, 2.24) is 4.90 Å². The lowest BCUT2D eigenvalue weighted by Gasteiger charge is -2.29. The highest BCUT2D eigenvalue weighted by Crippen LogP contribution is 2.35. The zero-order valence-electron chi connectivity index (χ0n) is 25.8. The molecule has 5 rings (SSSR count). The average molecular weight is 665 g/mol. The lowest BCUT2D eigenvalue weighted by Crippen LogP contribution is -2.34. The number of hydrogen-bond acceptors (Lipinski definition) is 8. The van der Waals surface area contributed by atoms with Crippen LogP contribution in [-0.4, -0.2) is 45.5 Å². The molecule has 240 valence electrons. The van der Waals surface area contributed by atoms with Gasteiger partial charge in [0.15, 0.2) is 0 Å². The largest absolute Gasteiger partial charge is 0.497 e. The molecule has 0 unspecified atom stereocenters. The van der Waals surface area contributed by atoms with Gasteiger partial charge in [0.05, 0.1) is 47.7 Å². The van der Waals surface area contributed by atoms with Crippen LogP contribution in [0, 0.1) is 6.92 Å². The summed E-state index contributed by atoms with van der Waals surface area (Å²) in [4.78, 5) is 27.8. The van der Waals surface area contributed by atoms with E-state index in [9.17, 15) is 18.0 Å². The maximum atomic E-state index is 14.3. The molecule has 0 spiro atoms. The molecule has 0 saturated heterocycles. The molecular weight excluding hydrogens is 632 g/mol. The van der Waals surface area contributed by atoms with Crippen LogP contribution < -0.4 is 9.04 Å². The SMILES string of the molecule is CCOC(=O)c1oc2ccc(S(=O)(=O)N(CC)c3cc(OC)ccc3CN(Cc3ccco3)C(=O)c3ccccc3Cl)cc2c1C. The Hall–Kier alpha value is -4.74. The van der Waals surface area contributed by atoms with E-state index in [2.05, 4.69) is 0 Å². The molecule has 1 amide bonds. The molecule has 0 fully saturated rings. The fourth-order valence-electron chi connectivity index (χ4n) is 5.19. The van der Waals surface area contributed by atoms with Crippen molar-refractivity contribution in [2.75, 3.05) is 24.6 Å². The lowest BCUT2D eigenvalue weighted by molar-refractivity contribution is 0.0491. The van der Waals surface area contributed by atoms with Crippen molar-refractivity contribution in [2.24, 2.45) is 0 Å². The first-order valence-corrected chi connectivity index (χ1v) is 16.4. The van der Waals surface area contributed by atoms with E-state index < -0.39 is 16.0 Å². The van der Waals surface area contributed by atoms with Crippen LogP contribution in [0.1, 0.15) is 51.6 Å². The van der Waals surface area contributed by atoms with Gasteiger partial charge < -0.3 is 23.2 Å². The smallest absolute Gasteiger partial charge is 0.374 e. The molecule has 2 heterocycles. The van der Waals surface area contributed by atoms with Gasteiger partial charge in [-0.25, -0.2) is 13.2 Å². The van der Waals surface area contributed by atoms with Gasteiger partial charge in [0.1, 0.15) is 17.1 Å². The topological polar surface area (TPSA) is 120 Å². The summed E-state index contributed by atoms with van der Waals surface area (Å²) in [6.07, 6.45) is 1.52. The standard InChI is InChI=1S/C34H33ClN2O8S/c1-5-37(46(40,41)26-15-16-31-28(19-26)22(3)32(45-31)34(39)43-6-2)30-18-24(42-4)14-13-23(30)20-36(21-25-10-9-17-44-25)33(38)27-11-7-8-12-29(27)35/h7-19H,5-6,20-21H2,1-4H3. The number of ether oxygens (including phenoxy) is 2. The first-order chi connectivity index (χ1) is 22.1. The highest BCUT2D eigenvalue weighted by Gasteiger charge is 2.29. The summed E-state index contributed by atoms with van der Waals surface area (Å²) in [6.45, 7) is 5.46. The Morgan fingerprint density at radius 3 is 2.41 bits per heavy atom. The number of hydrogen-bond donors (Lipinski definition) is 0. The number of benzene rings is 3. The van der Waals surface area contributed by atoms with Gasteiger partial charge in [-0.15, -0.1) is 0 Å². The molecule has 12 heteroatoms. The van der Waals surface area contributed by atoms with Crippen molar-refractivity contribution in [2.45, 2.75) is 38.8 Å². The van der Waals surface area contributed by atoms with Crippen molar-refractivity contribution >= 4 is 50.2 Å². The zero-order chi connectivity index (χ0) is 33.0.